The quantitative estimate of drug-likeness (QED) is 0.755. The summed E-state index contributed by atoms with van der Waals surface area (Å²) in [4.78, 5) is 5.75. The van der Waals surface area contributed by atoms with Crippen molar-refractivity contribution in [3.8, 4) is 0 Å². The number of aromatic nitrogens is 2. The van der Waals surface area contributed by atoms with Gasteiger partial charge in [-0.05, 0) is 24.6 Å². The van der Waals surface area contributed by atoms with Crippen molar-refractivity contribution in [1.82, 2.24) is 20.0 Å². The smallest absolute Gasteiger partial charge is 0.230 e. The van der Waals surface area contributed by atoms with Gasteiger partial charge in [0.15, 0.2) is 0 Å². The van der Waals surface area contributed by atoms with Gasteiger partial charge in [0.25, 0.3) is 0 Å². The molecule has 0 bridgehead atoms. The summed E-state index contributed by atoms with van der Waals surface area (Å²) in [5.41, 5.74) is 0. The standard InChI is InChI=1S/C18H22N4O2S/c1-12-19-20-18(24-12)11-21(2)15-9-22(10-16(15)23)8-14-7-13-5-3-4-6-17(13)25-14/h3-7,15-16,23H,8-11H2,1-2H3/t15?,16-/m1/s1. The number of nitrogens with zero attached hydrogens (tertiary/aromatic N) is 4. The second kappa shape index (κ2) is 6.84. The van der Waals surface area contributed by atoms with Gasteiger partial charge in [0, 0.05) is 42.2 Å². The monoisotopic (exact) mass is 358 g/mol. The topological polar surface area (TPSA) is 65.6 Å². The highest BCUT2D eigenvalue weighted by molar-refractivity contribution is 7.19. The van der Waals surface area contributed by atoms with Crippen molar-refractivity contribution in [3.63, 3.8) is 0 Å². The Labute approximate surface area is 150 Å². The van der Waals surface area contributed by atoms with Crippen LogP contribution in [0.1, 0.15) is 16.7 Å². The molecule has 132 valence electrons. The molecular formula is C18H22N4O2S. The fourth-order valence-corrected chi connectivity index (χ4v) is 4.58. The number of likely N-dealkylation sites (tertiary alicyclic amines) is 1. The van der Waals surface area contributed by atoms with Gasteiger partial charge in [-0.1, -0.05) is 18.2 Å². The molecule has 1 fully saturated rings. The van der Waals surface area contributed by atoms with Crippen LogP contribution in [0.25, 0.3) is 10.1 Å². The average molecular weight is 358 g/mol. The number of benzene rings is 1. The molecule has 1 saturated heterocycles. The molecular weight excluding hydrogens is 336 g/mol. The molecule has 1 aromatic carbocycles. The third kappa shape index (κ3) is 3.59. The van der Waals surface area contributed by atoms with Crippen LogP contribution in [0.4, 0.5) is 0 Å². The van der Waals surface area contributed by atoms with Crippen molar-refractivity contribution in [1.29, 1.82) is 0 Å². The summed E-state index contributed by atoms with van der Waals surface area (Å²) in [6.45, 7) is 4.73. The molecule has 0 saturated carbocycles. The predicted octanol–water partition coefficient (Wildman–Crippen LogP) is 2.27. The van der Waals surface area contributed by atoms with Crippen molar-refractivity contribution in [2.24, 2.45) is 0 Å². The number of aryl methyl sites for hydroxylation is 1. The Kier molecular flexibility index (Phi) is 4.56. The molecule has 7 heteroatoms. The van der Waals surface area contributed by atoms with Gasteiger partial charge in [-0.25, -0.2) is 0 Å². The zero-order chi connectivity index (χ0) is 17.4. The van der Waals surface area contributed by atoms with E-state index in [1.165, 1.54) is 15.0 Å². The highest BCUT2D eigenvalue weighted by Gasteiger charge is 2.34. The Morgan fingerprint density at radius 3 is 2.92 bits per heavy atom. The van der Waals surface area contributed by atoms with Gasteiger partial charge in [-0.15, -0.1) is 21.5 Å². The van der Waals surface area contributed by atoms with E-state index < -0.39 is 0 Å². The molecule has 3 aromatic rings. The second-order valence-electron chi connectivity index (χ2n) is 6.71. The predicted molar refractivity (Wildman–Crippen MR) is 97.4 cm³/mol. The maximum atomic E-state index is 10.5. The van der Waals surface area contributed by atoms with Gasteiger partial charge in [-0.3, -0.25) is 9.80 Å². The molecule has 1 aliphatic rings. The van der Waals surface area contributed by atoms with E-state index in [4.69, 9.17) is 4.42 Å². The molecule has 4 rings (SSSR count). The summed E-state index contributed by atoms with van der Waals surface area (Å²) < 4.78 is 6.76. The largest absolute Gasteiger partial charge is 0.424 e. The molecule has 1 unspecified atom stereocenters. The fraction of sp³-hybridized carbons (Fsp3) is 0.444. The van der Waals surface area contributed by atoms with E-state index in [-0.39, 0.29) is 12.1 Å². The van der Waals surface area contributed by atoms with E-state index in [0.29, 0.717) is 24.9 Å². The third-order valence-corrected chi connectivity index (χ3v) is 5.81. The molecule has 0 radical (unpaired) electrons. The molecule has 2 aromatic heterocycles. The Hall–Kier alpha value is -1.80. The summed E-state index contributed by atoms with van der Waals surface area (Å²) >= 11 is 1.83. The van der Waals surface area contributed by atoms with E-state index in [9.17, 15) is 5.11 Å². The van der Waals surface area contributed by atoms with Crippen LogP contribution in [0.2, 0.25) is 0 Å². The van der Waals surface area contributed by atoms with Crippen molar-refractivity contribution in [2.45, 2.75) is 32.2 Å². The SMILES string of the molecule is Cc1nnc(CN(C)C2CN(Cc3cc4ccccc4s3)C[C@H]2O)o1. The Morgan fingerprint density at radius 2 is 2.16 bits per heavy atom. The Bertz CT molecular complexity index is 829. The number of β-amino-alcohol motifs (C(OH)–C–C–N with tert-alkyl or cyclic N) is 1. The van der Waals surface area contributed by atoms with Crippen LogP contribution >= 0.6 is 11.3 Å². The Morgan fingerprint density at radius 1 is 1.32 bits per heavy atom. The number of likely N-dealkylation sites (N-methyl/N-ethyl adjacent to an activating group) is 1. The van der Waals surface area contributed by atoms with Crippen LogP contribution < -0.4 is 0 Å². The molecule has 1 aliphatic heterocycles. The second-order valence-corrected chi connectivity index (χ2v) is 7.88. The van der Waals surface area contributed by atoms with E-state index in [1.54, 1.807) is 6.92 Å². The van der Waals surface area contributed by atoms with Crippen LogP contribution in [0.15, 0.2) is 34.7 Å². The molecule has 3 heterocycles. The first-order chi connectivity index (χ1) is 12.1. The lowest BCUT2D eigenvalue weighted by Gasteiger charge is -2.25. The summed E-state index contributed by atoms with van der Waals surface area (Å²) in [5, 5.41) is 19.7. The van der Waals surface area contributed by atoms with Gasteiger partial charge in [0.05, 0.1) is 12.6 Å². The molecule has 25 heavy (non-hydrogen) atoms. The first-order valence-corrected chi connectivity index (χ1v) is 9.27. The van der Waals surface area contributed by atoms with Crippen molar-refractivity contribution in [3.05, 3.63) is 47.0 Å². The molecule has 6 nitrogen and oxygen atoms in total. The van der Waals surface area contributed by atoms with Gasteiger partial charge >= 0.3 is 0 Å². The number of thiophene rings is 1. The number of aliphatic hydroxyl groups is 1. The minimum Gasteiger partial charge on any atom is -0.424 e. The van der Waals surface area contributed by atoms with Crippen LogP contribution in [-0.2, 0) is 13.1 Å². The van der Waals surface area contributed by atoms with Gasteiger partial charge in [-0.2, -0.15) is 0 Å². The van der Waals surface area contributed by atoms with E-state index in [0.717, 1.165) is 13.1 Å². The van der Waals surface area contributed by atoms with Crippen LogP contribution in [-0.4, -0.2) is 57.4 Å². The minimum absolute atomic E-state index is 0.0709. The highest BCUT2D eigenvalue weighted by atomic mass is 32.1. The molecule has 0 spiro atoms. The summed E-state index contributed by atoms with van der Waals surface area (Å²) in [6, 6.07) is 10.8. The zero-order valence-corrected chi connectivity index (χ0v) is 15.2. The van der Waals surface area contributed by atoms with Crippen LogP contribution in [0.3, 0.4) is 0 Å². The zero-order valence-electron chi connectivity index (χ0n) is 14.4. The number of fused-ring (bicyclic) bond motifs is 1. The Balaban J connectivity index is 1.40. The van der Waals surface area contributed by atoms with E-state index in [1.807, 2.05) is 18.4 Å². The van der Waals surface area contributed by atoms with E-state index >= 15 is 0 Å². The maximum absolute atomic E-state index is 10.5. The van der Waals surface area contributed by atoms with Gasteiger partial charge in [0.2, 0.25) is 11.8 Å². The number of hydrogen-bond acceptors (Lipinski definition) is 7. The van der Waals surface area contributed by atoms with E-state index in [2.05, 4.69) is 50.3 Å². The number of rotatable bonds is 5. The summed E-state index contributed by atoms with van der Waals surface area (Å²) in [5.74, 6) is 1.16. The maximum Gasteiger partial charge on any atom is 0.230 e. The first-order valence-electron chi connectivity index (χ1n) is 8.45. The lowest BCUT2D eigenvalue weighted by atomic mass is 10.2. The minimum atomic E-state index is -0.372. The fourth-order valence-electron chi connectivity index (χ4n) is 3.48. The molecule has 2 atom stereocenters. The van der Waals surface area contributed by atoms with Gasteiger partial charge < -0.3 is 9.52 Å². The average Bonchev–Trinajstić information content (AvgIpc) is 3.26. The molecule has 1 N–H and O–H groups in total. The summed E-state index contributed by atoms with van der Waals surface area (Å²) in [6.07, 6.45) is -0.372. The van der Waals surface area contributed by atoms with Crippen molar-refractivity contribution in [2.75, 3.05) is 20.1 Å². The number of aliphatic hydroxyl groups excluding tert-OH is 1. The lowest BCUT2D eigenvalue weighted by molar-refractivity contribution is 0.0899. The molecule has 0 amide bonds. The van der Waals surface area contributed by atoms with Crippen LogP contribution in [0, 0.1) is 6.92 Å². The first kappa shape index (κ1) is 16.7. The van der Waals surface area contributed by atoms with Crippen molar-refractivity contribution >= 4 is 21.4 Å². The summed E-state index contributed by atoms with van der Waals surface area (Å²) in [7, 11) is 2.00. The highest BCUT2D eigenvalue weighted by Crippen LogP contribution is 2.28. The lowest BCUT2D eigenvalue weighted by Crippen LogP contribution is -2.40. The molecule has 0 aliphatic carbocycles. The van der Waals surface area contributed by atoms with Crippen molar-refractivity contribution < 1.29 is 9.52 Å². The van der Waals surface area contributed by atoms with Crippen LogP contribution in [0.5, 0.6) is 0 Å². The normalized spacial score (nSPS) is 21.6. The number of hydrogen-bond donors (Lipinski definition) is 1. The third-order valence-electron chi connectivity index (χ3n) is 4.71. The van der Waals surface area contributed by atoms with Gasteiger partial charge in [0.1, 0.15) is 0 Å².